The van der Waals surface area contributed by atoms with E-state index in [4.69, 9.17) is 30.5 Å². The maximum Gasteiger partial charge on any atom is 0.223 e. The van der Waals surface area contributed by atoms with Crippen molar-refractivity contribution in [3.05, 3.63) is 65.2 Å². The minimum Gasteiger partial charge on any atom is -0.463 e. The van der Waals surface area contributed by atoms with E-state index in [9.17, 15) is 9.90 Å². The number of rotatable bonds is 4. The highest BCUT2D eigenvalue weighted by atomic mass is 35.5. The van der Waals surface area contributed by atoms with E-state index in [1.54, 1.807) is 24.3 Å². The summed E-state index contributed by atoms with van der Waals surface area (Å²) in [5, 5.41) is 14.3. The molecule has 2 aromatic carbocycles. The zero-order chi connectivity index (χ0) is 20.4. The number of ether oxygens (including phenoxy) is 4. The van der Waals surface area contributed by atoms with Crippen LogP contribution in [0, 0.1) is 0 Å². The molecule has 2 N–H and O–H groups in total. The van der Waals surface area contributed by atoms with Gasteiger partial charge in [-0.25, -0.2) is 0 Å². The van der Waals surface area contributed by atoms with Crippen LogP contribution in [-0.4, -0.2) is 48.3 Å². The van der Waals surface area contributed by atoms with E-state index in [0.29, 0.717) is 10.8 Å². The highest BCUT2D eigenvalue weighted by molar-refractivity contribution is 6.30. The van der Waals surface area contributed by atoms with E-state index in [0.717, 1.165) is 5.56 Å². The van der Waals surface area contributed by atoms with Crippen LogP contribution in [0.2, 0.25) is 5.02 Å². The molecule has 2 heterocycles. The predicted octanol–water partition coefficient (Wildman–Crippen LogP) is 2.42. The van der Waals surface area contributed by atoms with Crippen molar-refractivity contribution in [2.75, 3.05) is 6.61 Å². The second-order valence-corrected chi connectivity index (χ2v) is 7.44. The zero-order valence-corrected chi connectivity index (χ0v) is 16.5. The molecule has 1 amide bonds. The first kappa shape index (κ1) is 20.1. The molecule has 4 rings (SSSR count). The van der Waals surface area contributed by atoms with Gasteiger partial charge in [0.1, 0.15) is 30.1 Å². The summed E-state index contributed by atoms with van der Waals surface area (Å²) in [6.07, 6.45) is -3.83. The van der Waals surface area contributed by atoms with Crippen molar-refractivity contribution in [1.82, 2.24) is 5.32 Å². The Kier molecular flexibility index (Phi) is 6.03. The Hall–Kier alpha value is -2.16. The Balaban J connectivity index is 1.53. The van der Waals surface area contributed by atoms with Crippen molar-refractivity contribution in [1.29, 1.82) is 0 Å². The molecule has 2 aliphatic rings. The fourth-order valence-corrected chi connectivity index (χ4v) is 3.63. The van der Waals surface area contributed by atoms with Crippen LogP contribution in [0.15, 0.2) is 54.6 Å². The van der Waals surface area contributed by atoms with Gasteiger partial charge in [0.15, 0.2) is 6.29 Å². The molecule has 0 bridgehead atoms. The summed E-state index contributed by atoms with van der Waals surface area (Å²) in [5.41, 5.74) is 0.841. The third kappa shape index (κ3) is 4.55. The van der Waals surface area contributed by atoms with Crippen molar-refractivity contribution in [3.8, 4) is 5.75 Å². The summed E-state index contributed by atoms with van der Waals surface area (Å²) in [6, 6.07) is 15.4. The molecule has 0 spiro atoms. The predicted molar refractivity (Wildman–Crippen MR) is 104 cm³/mol. The van der Waals surface area contributed by atoms with Gasteiger partial charge in [-0.05, 0) is 24.3 Å². The Morgan fingerprint density at radius 1 is 1.14 bits per heavy atom. The van der Waals surface area contributed by atoms with E-state index in [1.165, 1.54) is 6.92 Å². The molecule has 0 aliphatic carbocycles. The second-order valence-electron chi connectivity index (χ2n) is 7.01. The number of nitrogens with one attached hydrogen (secondary N) is 1. The molecule has 0 saturated carbocycles. The maximum absolute atomic E-state index is 11.7. The van der Waals surface area contributed by atoms with Gasteiger partial charge in [0.2, 0.25) is 12.2 Å². The fourth-order valence-electron chi connectivity index (χ4n) is 3.51. The number of carbonyl (C=O) groups is 1. The Labute approximate surface area is 173 Å². The monoisotopic (exact) mass is 419 g/mol. The van der Waals surface area contributed by atoms with Gasteiger partial charge in [0, 0.05) is 17.5 Å². The third-order valence-corrected chi connectivity index (χ3v) is 5.13. The standard InChI is InChI=1S/C21H22ClNO6/c1-12(24)23-17-18(25)19-16(11-26-20(29-19)13-5-3-2-4-6-13)28-21(17)27-15-9-7-14(22)8-10-15/h2-10,16-21,25H,11H2,1H3,(H,23,24)/t16-,17-,18-,19-,20+,21-/m1/s1. The lowest BCUT2D eigenvalue weighted by atomic mass is 9.95. The average molecular weight is 420 g/mol. The molecule has 2 fully saturated rings. The lowest BCUT2D eigenvalue weighted by molar-refractivity contribution is -0.333. The number of carbonyl (C=O) groups excluding carboxylic acids is 1. The van der Waals surface area contributed by atoms with Gasteiger partial charge in [0.25, 0.3) is 0 Å². The van der Waals surface area contributed by atoms with Crippen molar-refractivity contribution in [2.24, 2.45) is 0 Å². The smallest absolute Gasteiger partial charge is 0.223 e. The third-order valence-electron chi connectivity index (χ3n) is 4.87. The van der Waals surface area contributed by atoms with Crippen LogP contribution in [-0.2, 0) is 19.0 Å². The van der Waals surface area contributed by atoms with Gasteiger partial charge in [-0.1, -0.05) is 41.9 Å². The zero-order valence-electron chi connectivity index (χ0n) is 15.7. The van der Waals surface area contributed by atoms with Crippen molar-refractivity contribution in [2.45, 2.75) is 43.9 Å². The minimum atomic E-state index is -1.05. The van der Waals surface area contributed by atoms with Crippen LogP contribution in [0.1, 0.15) is 18.8 Å². The molecular weight excluding hydrogens is 398 g/mol. The first-order chi connectivity index (χ1) is 14.0. The largest absolute Gasteiger partial charge is 0.463 e. The molecule has 8 heteroatoms. The van der Waals surface area contributed by atoms with Crippen LogP contribution >= 0.6 is 11.6 Å². The molecule has 29 heavy (non-hydrogen) atoms. The van der Waals surface area contributed by atoms with Crippen LogP contribution in [0.5, 0.6) is 5.75 Å². The number of fused-ring (bicyclic) bond motifs is 1. The molecule has 0 unspecified atom stereocenters. The minimum absolute atomic E-state index is 0.217. The first-order valence-corrected chi connectivity index (χ1v) is 9.74. The highest BCUT2D eigenvalue weighted by Crippen LogP contribution is 2.34. The molecule has 2 aliphatic heterocycles. The average Bonchev–Trinajstić information content (AvgIpc) is 2.73. The summed E-state index contributed by atoms with van der Waals surface area (Å²) in [5.74, 6) is 0.188. The number of aliphatic hydroxyl groups is 1. The van der Waals surface area contributed by atoms with Crippen molar-refractivity contribution < 1.29 is 28.8 Å². The SMILES string of the molecule is CC(=O)N[C@H]1[C@H](Oc2ccc(Cl)cc2)O[C@@H]2CO[C@H](c3ccccc3)O[C@H]2[C@@H]1O. The molecule has 7 nitrogen and oxygen atoms in total. The molecule has 0 aromatic heterocycles. The van der Waals surface area contributed by atoms with E-state index < -0.39 is 36.9 Å². The summed E-state index contributed by atoms with van der Waals surface area (Å²) >= 11 is 5.91. The Morgan fingerprint density at radius 2 is 1.86 bits per heavy atom. The lowest BCUT2D eigenvalue weighted by Gasteiger charge is -2.47. The normalized spacial score (nSPS) is 31.6. The van der Waals surface area contributed by atoms with Crippen molar-refractivity contribution in [3.63, 3.8) is 0 Å². The van der Waals surface area contributed by atoms with Crippen LogP contribution in [0.3, 0.4) is 0 Å². The maximum atomic E-state index is 11.7. The quantitative estimate of drug-likeness (QED) is 0.791. The number of aliphatic hydroxyl groups excluding tert-OH is 1. The Bertz CT molecular complexity index is 833. The van der Waals surface area contributed by atoms with Gasteiger partial charge in [-0.3, -0.25) is 4.79 Å². The molecule has 154 valence electrons. The van der Waals surface area contributed by atoms with E-state index in [1.807, 2.05) is 30.3 Å². The van der Waals surface area contributed by atoms with Crippen LogP contribution < -0.4 is 10.1 Å². The molecule has 2 saturated heterocycles. The number of hydrogen-bond acceptors (Lipinski definition) is 6. The molecule has 6 atom stereocenters. The summed E-state index contributed by atoms with van der Waals surface area (Å²) in [7, 11) is 0. The van der Waals surface area contributed by atoms with Gasteiger partial charge in [-0.2, -0.15) is 0 Å². The summed E-state index contributed by atoms with van der Waals surface area (Å²) < 4.78 is 23.7. The topological polar surface area (TPSA) is 86.3 Å². The second kappa shape index (κ2) is 8.69. The Morgan fingerprint density at radius 3 is 2.55 bits per heavy atom. The number of halogens is 1. The van der Waals surface area contributed by atoms with Gasteiger partial charge < -0.3 is 29.4 Å². The molecule has 2 aromatic rings. The van der Waals surface area contributed by atoms with Gasteiger partial charge in [-0.15, -0.1) is 0 Å². The fraction of sp³-hybridized carbons (Fsp3) is 0.381. The number of hydrogen-bond donors (Lipinski definition) is 2. The first-order valence-electron chi connectivity index (χ1n) is 9.36. The van der Waals surface area contributed by atoms with E-state index in [2.05, 4.69) is 5.32 Å². The lowest BCUT2D eigenvalue weighted by Crippen LogP contribution is -2.67. The molecular formula is C21H22ClNO6. The van der Waals surface area contributed by atoms with Crippen molar-refractivity contribution >= 4 is 17.5 Å². The van der Waals surface area contributed by atoms with Crippen LogP contribution in [0.25, 0.3) is 0 Å². The van der Waals surface area contributed by atoms with Gasteiger partial charge in [0.05, 0.1) is 6.61 Å². The number of amides is 1. The summed E-state index contributed by atoms with van der Waals surface area (Å²) in [4.78, 5) is 11.7. The van der Waals surface area contributed by atoms with Gasteiger partial charge >= 0.3 is 0 Å². The van der Waals surface area contributed by atoms with E-state index in [-0.39, 0.29) is 12.5 Å². The summed E-state index contributed by atoms with van der Waals surface area (Å²) in [6.45, 7) is 1.59. The van der Waals surface area contributed by atoms with E-state index >= 15 is 0 Å². The highest BCUT2D eigenvalue weighted by Gasteiger charge is 2.50. The number of benzene rings is 2. The molecule has 0 radical (unpaired) electrons. The van der Waals surface area contributed by atoms with Crippen LogP contribution in [0.4, 0.5) is 0 Å².